The van der Waals surface area contributed by atoms with E-state index >= 15 is 0 Å². The number of hydrogen-bond donors (Lipinski definition) is 1. The molecule has 0 spiro atoms. The van der Waals surface area contributed by atoms with Gasteiger partial charge in [0.15, 0.2) is 0 Å². The van der Waals surface area contributed by atoms with Crippen LogP contribution < -0.4 is 0 Å². The van der Waals surface area contributed by atoms with E-state index in [0.29, 0.717) is 5.92 Å². The molecule has 0 amide bonds. The summed E-state index contributed by atoms with van der Waals surface area (Å²) in [6.07, 6.45) is 0. The standard InChI is InChI=1S/C10H16N2OS/c1-7(5-13)6-14-10-4-8(2)11-9(3)12-10/h4,7,13H,5-6H2,1-3H3. The molecular weight excluding hydrogens is 196 g/mol. The van der Waals surface area contributed by atoms with E-state index in [-0.39, 0.29) is 6.61 Å². The molecule has 0 bridgehead atoms. The molecule has 14 heavy (non-hydrogen) atoms. The highest BCUT2D eigenvalue weighted by Crippen LogP contribution is 2.18. The fraction of sp³-hybridized carbons (Fsp3) is 0.600. The highest BCUT2D eigenvalue weighted by Gasteiger charge is 2.03. The van der Waals surface area contributed by atoms with Crippen LogP contribution in [-0.2, 0) is 0 Å². The zero-order chi connectivity index (χ0) is 10.6. The largest absolute Gasteiger partial charge is 0.396 e. The van der Waals surface area contributed by atoms with E-state index in [1.54, 1.807) is 11.8 Å². The minimum absolute atomic E-state index is 0.232. The Morgan fingerprint density at radius 3 is 2.71 bits per heavy atom. The molecule has 3 nitrogen and oxygen atoms in total. The van der Waals surface area contributed by atoms with Crippen molar-refractivity contribution in [2.45, 2.75) is 25.8 Å². The maximum absolute atomic E-state index is 8.88. The van der Waals surface area contributed by atoms with Crippen molar-refractivity contribution < 1.29 is 5.11 Å². The molecule has 1 aromatic rings. The lowest BCUT2D eigenvalue weighted by atomic mass is 10.2. The molecule has 0 saturated carbocycles. The van der Waals surface area contributed by atoms with Crippen molar-refractivity contribution in [2.24, 2.45) is 5.92 Å². The highest BCUT2D eigenvalue weighted by atomic mass is 32.2. The molecule has 0 aliphatic rings. The molecule has 0 aliphatic carbocycles. The molecule has 1 rings (SSSR count). The van der Waals surface area contributed by atoms with E-state index in [1.165, 1.54) is 0 Å². The smallest absolute Gasteiger partial charge is 0.126 e. The van der Waals surface area contributed by atoms with Gasteiger partial charge in [0.05, 0.1) is 5.03 Å². The van der Waals surface area contributed by atoms with Crippen LogP contribution in [0.3, 0.4) is 0 Å². The number of aliphatic hydroxyl groups excluding tert-OH is 1. The van der Waals surface area contributed by atoms with Gasteiger partial charge >= 0.3 is 0 Å². The van der Waals surface area contributed by atoms with Gasteiger partial charge in [-0.05, 0) is 25.8 Å². The quantitative estimate of drug-likeness (QED) is 0.611. The number of aryl methyl sites for hydroxylation is 2. The van der Waals surface area contributed by atoms with Crippen molar-refractivity contribution in [2.75, 3.05) is 12.4 Å². The van der Waals surface area contributed by atoms with Crippen LogP contribution in [0.5, 0.6) is 0 Å². The average Bonchev–Trinajstić information content (AvgIpc) is 2.12. The van der Waals surface area contributed by atoms with Crippen LogP contribution in [0.25, 0.3) is 0 Å². The normalized spacial score (nSPS) is 12.9. The van der Waals surface area contributed by atoms with Crippen LogP contribution in [-0.4, -0.2) is 27.4 Å². The summed E-state index contributed by atoms with van der Waals surface area (Å²) < 4.78 is 0. The van der Waals surface area contributed by atoms with Gasteiger partial charge in [0.25, 0.3) is 0 Å². The SMILES string of the molecule is Cc1cc(SCC(C)CO)nc(C)n1. The number of thioether (sulfide) groups is 1. The zero-order valence-corrected chi connectivity index (χ0v) is 9.64. The lowest BCUT2D eigenvalue weighted by molar-refractivity contribution is 0.250. The Balaban J connectivity index is 2.58. The van der Waals surface area contributed by atoms with E-state index in [2.05, 4.69) is 9.97 Å². The first kappa shape index (κ1) is 11.5. The van der Waals surface area contributed by atoms with Crippen LogP contribution in [0.15, 0.2) is 11.1 Å². The Morgan fingerprint density at radius 1 is 1.43 bits per heavy atom. The van der Waals surface area contributed by atoms with Gasteiger partial charge in [-0.2, -0.15) is 0 Å². The van der Waals surface area contributed by atoms with Crippen LogP contribution in [0, 0.1) is 19.8 Å². The molecule has 1 unspecified atom stereocenters. The molecule has 0 radical (unpaired) electrons. The van der Waals surface area contributed by atoms with Gasteiger partial charge in [0.2, 0.25) is 0 Å². The second-order valence-electron chi connectivity index (χ2n) is 3.49. The summed E-state index contributed by atoms with van der Waals surface area (Å²) in [5.41, 5.74) is 0.997. The van der Waals surface area contributed by atoms with Gasteiger partial charge in [-0.3, -0.25) is 0 Å². The van der Waals surface area contributed by atoms with E-state index in [4.69, 9.17) is 5.11 Å². The molecule has 0 aromatic carbocycles. The van der Waals surface area contributed by atoms with Gasteiger partial charge < -0.3 is 5.11 Å². The Morgan fingerprint density at radius 2 is 2.14 bits per heavy atom. The highest BCUT2D eigenvalue weighted by molar-refractivity contribution is 7.99. The second kappa shape index (κ2) is 5.32. The van der Waals surface area contributed by atoms with Gasteiger partial charge in [-0.25, -0.2) is 9.97 Å². The first-order chi connectivity index (χ1) is 6.61. The minimum Gasteiger partial charge on any atom is -0.396 e. The average molecular weight is 212 g/mol. The molecule has 4 heteroatoms. The summed E-state index contributed by atoms with van der Waals surface area (Å²) in [5.74, 6) is 2.02. The predicted octanol–water partition coefficient (Wildman–Crippen LogP) is 1.81. The third-order valence-electron chi connectivity index (χ3n) is 1.77. The maximum Gasteiger partial charge on any atom is 0.126 e. The summed E-state index contributed by atoms with van der Waals surface area (Å²) in [4.78, 5) is 8.52. The lowest BCUT2D eigenvalue weighted by Gasteiger charge is -2.07. The summed E-state index contributed by atoms with van der Waals surface area (Å²) in [5, 5.41) is 9.87. The van der Waals surface area contributed by atoms with Crippen LogP contribution in [0.4, 0.5) is 0 Å². The van der Waals surface area contributed by atoms with E-state index < -0.39 is 0 Å². The first-order valence-corrected chi connectivity index (χ1v) is 5.66. The molecule has 0 saturated heterocycles. The topological polar surface area (TPSA) is 46.0 Å². The number of aliphatic hydroxyl groups is 1. The van der Waals surface area contributed by atoms with Crippen molar-refractivity contribution in [3.63, 3.8) is 0 Å². The molecule has 0 fully saturated rings. The Hall–Kier alpha value is -0.610. The molecule has 1 heterocycles. The summed E-state index contributed by atoms with van der Waals surface area (Å²) in [6.45, 7) is 6.12. The lowest BCUT2D eigenvalue weighted by Crippen LogP contribution is -2.04. The number of hydrogen-bond acceptors (Lipinski definition) is 4. The Kier molecular flexibility index (Phi) is 4.35. The molecule has 0 aliphatic heterocycles. The monoisotopic (exact) mass is 212 g/mol. The van der Waals surface area contributed by atoms with Gasteiger partial charge in [0.1, 0.15) is 5.82 Å². The third-order valence-corrected chi connectivity index (χ3v) is 3.01. The first-order valence-electron chi connectivity index (χ1n) is 4.67. The Labute approximate surface area is 89.0 Å². The van der Waals surface area contributed by atoms with Crippen molar-refractivity contribution >= 4 is 11.8 Å². The number of nitrogens with zero attached hydrogens (tertiary/aromatic N) is 2. The van der Waals surface area contributed by atoms with Crippen molar-refractivity contribution in [3.05, 3.63) is 17.6 Å². The fourth-order valence-corrected chi connectivity index (χ4v) is 2.05. The molecule has 78 valence electrons. The van der Waals surface area contributed by atoms with Crippen LogP contribution in [0.2, 0.25) is 0 Å². The van der Waals surface area contributed by atoms with Crippen molar-refractivity contribution in [3.8, 4) is 0 Å². The third kappa shape index (κ3) is 3.64. The van der Waals surface area contributed by atoms with E-state index in [9.17, 15) is 0 Å². The second-order valence-corrected chi connectivity index (χ2v) is 4.53. The van der Waals surface area contributed by atoms with E-state index in [1.807, 2.05) is 26.8 Å². The summed E-state index contributed by atoms with van der Waals surface area (Å²) in [7, 11) is 0. The maximum atomic E-state index is 8.88. The number of aromatic nitrogens is 2. The van der Waals surface area contributed by atoms with E-state index in [0.717, 1.165) is 22.3 Å². The molecular formula is C10H16N2OS. The van der Waals surface area contributed by atoms with Gasteiger partial charge in [0, 0.05) is 18.1 Å². The van der Waals surface area contributed by atoms with Gasteiger partial charge in [-0.1, -0.05) is 6.92 Å². The number of rotatable bonds is 4. The fourth-order valence-electron chi connectivity index (χ4n) is 1.04. The summed E-state index contributed by atoms with van der Waals surface area (Å²) in [6, 6.07) is 1.97. The zero-order valence-electron chi connectivity index (χ0n) is 8.82. The minimum atomic E-state index is 0.232. The van der Waals surface area contributed by atoms with Crippen LogP contribution >= 0.6 is 11.8 Å². The van der Waals surface area contributed by atoms with Crippen LogP contribution in [0.1, 0.15) is 18.4 Å². The Bertz CT molecular complexity index is 284. The summed E-state index contributed by atoms with van der Waals surface area (Å²) >= 11 is 1.67. The molecule has 1 atom stereocenters. The van der Waals surface area contributed by atoms with Crippen molar-refractivity contribution in [1.29, 1.82) is 0 Å². The van der Waals surface area contributed by atoms with Crippen molar-refractivity contribution in [1.82, 2.24) is 9.97 Å². The predicted molar refractivity (Wildman–Crippen MR) is 58.5 cm³/mol. The van der Waals surface area contributed by atoms with Gasteiger partial charge in [-0.15, -0.1) is 11.8 Å². The molecule has 1 N–H and O–H groups in total. The molecule has 1 aromatic heterocycles.